The summed E-state index contributed by atoms with van der Waals surface area (Å²) in [6, 6.07) is 4.22. The second kappa shape index (κ2) is 7.95. The maximum Gasteiger partial charge on any atom is 0.317 e. The van der Waals surface area contributed by atoms with Crippen LogP contribution in [-0.4, -0.2) is 61.8 Å². The quantitative estimate of drug-likeness (QED) is 0.912. The zero-order valence-corrected chi connectivity index (χ0v) is 14.4. The fraction of sp³-hybridized carbons (Fsp3) is 0.562. The van der Waals surface area contributed by atoms with Gasteiger partial charge >= 0.3 is 6.03 Å². The molecule has 0 saturated carbocycles. The van der Waals surface area contributed by atoms with Crippen LogP contribution in [0.4, 0.5) is 9.18 Å². The number of nitrogens with one attached hydrogen (secondary N) is 1. The first-order chi connectivity index (χ1) is 10.9. The van der Waals surface area contributed by atoms with Crippen LogP contribution in [0, 0.1) is 5.82 Å². The van der Waals surface area contributed by atoms with Crippen LogP contribution in [0.5, 0.6) is 0 Å². The number of amides is 2. The van der Waals surface area contributed by atoms with Crippen molar-refractivity contribution in [2.45, 2.75) is 25.6 Å². The fourth-order valence-electron chi connectivity index (χ4n) is 2.50. The summed E-state index contributed by atoms with van der Waals surface area (Å²) in [7, 11) is 3.70. The van der Waals surface area contributed by atoms with Crippen LogP contribution in [0.3, 0.4) is 0 Å². The number of hydrogen-bond acceptors (Lipinski definition) is 3. The molecule has 1 N–H and O–H groups in total. The lowest BCUT2D eigenvalue weighted by Gasteiger charge is -2.34. The lowest BCUT2D eigenvalue weighted by Crippen LogP contribution is -2.53. The van der Waals surface area contributed by atoms with E-state index in [1.807, 2.05) is 14.0 Å². The Labute approximate surface area is 141 Å². The van der Waals surface area contributed by atoms with Gasteiger partial charge in [0.15, 0.2) is 0 Å². The molecule has 2 unspecified atom stereocenters. The Morgan fingerprint density at radius 1 is 1.61 bits per heavy atom. The second-order valence-electron chi connectivity index (χ2n) is 6.01. The van der Waals surface area contributed by atoms with Gasteiger partial charge in [-0.05, 0) is 31.7 Å². The van der Waals surface area contributed by atoms with E-state index in [0.717, 1.165) is 13.1 Å². The number of morpholine rings is 1. The number of hydrogen-bond donors (Lipinski definition) is 1. The second-order valence-corrected chi connectivity index (χ2v) is 6.42. The molecule has 1 aliphatic rings. The molecule has 0 aliphatic carbocycles. The molecule has 128 valence electrons. The highest BCUT2D eigenvalue weighted by Gasteiger charge is 2.25. The van der Waals surface area contributed by atoms with Gasteiger partial charge in [0, 0.05) is 26.7 Å². The Hall–Kier alpha value is -1.37. The van der Waals surface area contributed by atoms with Crippen molar-refractivity contribution in [2.75, 3.05) is 33.8 Å². The lowest BCUT2D eigenvalue weighted by atomic mass is 10.1. The van der Waals surface area contributed by atoms with Crippen molar-refractivity contribution in [1.82, 2.24) is 15.1 Å². The number of rotatable bonds is 4. The molecule has 0 aromatic heterocycles. The topological polar surface area (TPSA) is 44.8 Å². The molecular weight excluding hydrogens is 321 g/mol. The highest BCUT2D eigenvalue weighted by molar-refractivity contribution is 6.30. The van der Waals surface area contributed by atoms with Gasteiger partial charge in [-0.25, -0.2) is 9.18 Å². The fourth-order valence-corrected chi connectivity index (χ4v) is 2.61. The van der Waals surface area contributed by atoms with E-state index in [2.05, 4.69) is 10.2 Å². The molecule has 7 heteroatoms. The molecule has 1 saturated heterocycles. The van der Waals surface area contributed by atoms with Gasteiger partial charge in [0.2, 0.25) is 0 Å². The summed E-state index contributed by atoms with van der Waals surface area (Å²) >= 11 is 5.66. The summed E-state index contributed by atoms with van der Waals surface area (Å²) in [5.41, 5.74) is 0.686. The SMILES string of the molecule is CC(NC(=O)N(C)Cc1ccc(Cl)c(F)c1)C1CN(C)CCO1. The van der Waals surface area contributed by atoms with Crippen LogP contribution >= 0.6 is 11.6 Å². The van der Waals surface area contributed by atoms with Crippen LogP contribution in [-0.2, 0) is 11.3 Å². The van der Waals surface area contributed by atoms with Gasteiger partial charge in [-0.1, -0.05) is 17.7 Å². The number of urea groups is 1. The van der Waals surface area contributed by atoms with Crippen LogP contribution in [0.15, 0.2) is 18.2 Å². The summed E-state index contributed by atoms with van der Waals surface area (Å²) in [5, 5.41) is 3.01. The number of nitrogens with zero attached hydrogens (tertiary/aromatic N) is 2. The minimum Gasteiger partial charge on any atom is -0.373 e. The van der Waals surface area contributed by atoms with Gasteiger partial charge in [0.1, 0.15) is 5.82 Å². The van der Waals surface area contributed by atoms with Gasteiger partial charge in [-0.15, -0.1) is 0 Å². The molecule has 1 aromatic rings. The zero-order valence-electron chi connectivity index (χ0n) is 13.7. The van der Waals surface area contributed by atoms with E-state index in [9.17, 15) is 9.18 Å². The number of likely N-dealkylation sites (N-methyl/N-ethyl adjacent to an activating group) is 1. The average Bonchev–Trinajstić information content (AvgIpc) is 2.50. The summed E-state index contributed by atoms with van der Waals surface area (Å²) in [6.07, 6.45) is -0.0286. The molecule has 1 aliphatic heterocycles. The van der Waals surface area contributed by atoms with Gasteiger partial charge in [-0.2, -0.15) is 0 Å². The molecule has 1 fully saturated rings. The number of benzene rings is 1. The number of carbonyl (C=O) groups is 1. The van der Waals surface area contributed by atoms with E-state index in [4.69, 9.17) is 16.3 Å². The minimum atomic E-state index is -0.481. The summed E-state index contributed by atoms with van der Waals surface area (Å²) < 4.78 is 19.1. The Morgan fingerprint density at radius 2 is 2.35 bits per heavy atom. The predicted octanol–water partition coefficient (Wildman–Crippen LogP) is 2.34. The average molecular weight is 344 g/mol. The number of halogens is 2. The van der Waals surface area contributed by atoms with Crippen LogP contribution in [0.1, 0.15) is 12.5 Å². The minimum absolute atomic E-state index is 0.0286. The maximum absolute atomic E-state index is 13.4. The monoisotopic (exact) mass is 343 g/mol. The van der Waals surface area contributed by atoms with E-state index < -0.39 is 5.82 Å². The third-order valence-corrected chi connectivity index (χ3v) is 4.26. The van der Waals surface area contributed by atoms with E-state index in [1.165, 1.54) is 17.0 Å². The Morgan fingerprint density at radius 3 is 3.00 bits per heavy atom. The van der Waals surface area contributed by atoms with Crippen molar-refractivity contribution < 1.29 is 13.9 Å². The van der Waals surface area contributed by atoms with Gasteiger partial charge in [-0.3, -0.25) is 0 Å². The Balaban J connectivity index is 1.87. The van der Waals surface area contributed by atoms with Crippen molar-refractivity contribution in [2.24, 2.45) is 0 Å². The van der Waals surface area contributed by atoms with Crippen molar-refractivity contribution >= 4 is 17.6 Å². The van der Waals surface area contributed by atoms with Crippen molar-refractivity contribution in [1.29, 1.82) is 0 Å². The number of ether oxygens (including phenoxy) is 1. The van der Waals surface area contributed by atoms with E-state index >= 15 is 0 Å². The molecule has 1 aromatic carbocycles. The largest absolute Gasteiger partial charge is 0.373 e. The summed E-state index contributed by atoms with van der Waals surface area (Å²) in [5.74, 6) is -0.481. The Bertz CT molecular complexity index is 558. The van der Waals surface area contributed by atoms with E-state index in [0.29, 0.717) is 18.7 Å². The molecule has 0 spiro atoms. The molecule has 1 heterocycles. The van der Waals surface area contributed by atoms with Crippen LogP contribution in [0.2, 0.25) is 5.02 Å². The zero-order chi connectivity index (χ0) is 17.0. The first kappa shape index (κ1) is 18.0. The van der Waals surface area contributed by atoms with Gasteiger partial charge in [0.25, 0.3) is 0 Å². The molecule has 2 rings (SSSR count). The number of carbonyl (C=O) groups excluding carboxylic acids is 1. The van der Waals surface area contributed by atoms with Crippen molar-refractivity contribution in [3.8, 4) is 0 Å². The van der Waals surface area contributed by atoms with Crippen molar-refractivity contribution in [3.05, 3.63) is 34.6 Å². The smallest absolute Gasteiger partial charge is 0.317 e. The third kappa shape index (κ3) is 5.06. The maximum atomic E-state index is 13.4. The molecule has 23 heavy (non-hydrogen) atoms. The highest BCUT2D eigenvalue weighted by atomic mass is 35.5. The lowest BCUT2D eigenvalue weighted by molar-refractivity contribution is -0.0339. The van der Waals surface area contributed by atoms with Crippen molar-refractivity contribution in [3.63, 3.8) is 0 Å². The van der Waals surface area contributed by atoms with E-state index in [-0.39, 0.29) is 23.2 Å². The first-order valence-electron chi connectivity index (χ1n) is 7.62. The molecular formula is C16H23ClFN3O2. The van der Waals surface area contributed by atoms with Gasteiger partial charge in [0.05, 0.1) is 23.8 Å². The van der Waals surface area contributed by atoms with Gasteiger partial charge < -0.3 is 19.9 Å². The third-order valence-electron chi connectivity index (χ3n) is 3.96. The van der Waals surface area contributed by atoms with E-state index in [1.54, 1.807) is 13.1 Å². The molecule has 0 radical (unpaired) electrons. The Kier molecular flexibility index (Phi) is 6.21. The molecule has 2 atom stereocenters. The summed E-state index contributed by atoms with van der Waals surface area (Å²) in [4.78, 5) is 15.9. The molecule has 2 amide bonds. The summed E-state index contributed by atoms with van der Waals surface area (Å²) in [6.45, 7) is 4.59. The normalized spacial score (nSPS) is 20.1. The first-order valence-corrected chi connectivity index (χ1v) is 8.00. The standard InChI is InChI=1S/C16H23ClFN3O2/c1-11(15-10-20(2)6-7-23-15)19-16(22)21(3)9-12-4-5-13(17)14(18)8-12/h4-5,8,11,15H,6-7,9-10H2,1-3H3,(H,19,22). The van der Waals surface area contributed by atoms with Crippen LogP contribution < -0.4 is 5.32 Å². The molecule has 0 bridgehead atoms. The highest BCUT2D eigenvalue weighted by Crippen LogP contribution is 2.16. The van der Waals surface area contributed by atoms with Crippen LogP contribution in [0.25, 0.3) is 0 Å². The molecule has 5 nitrogen and oxygen atoms in total. The predicted molar refractivity (Wildman–Crippen MR) is 88.1 cm³/mol.